The molecule has 0 aliphatic heterocycles. The minimum atomic E-state index is 0.988. The van der Waals surface area contributed by atoms with E-state index in [0.29, 0.717) is 0 Å². The summed E-state index contributed by atoms with van der Waals surface area (Å²) in [5.74, 6) is 1.08. The molecule has 0 fully saturated rings. The van der Waals surface area contributed by atoms with E-state index in [4.69, 9.17) is 4.98 Å². The summed E-state index contributed by atoms with van der Waals surface area (Å²) < 4.78 is 2.36. The summed E-state index contributed by atoms with van der Waals surface area (Å²) in [6.45, 7) is 4.22. The van der Waals surface area contributed by atoms with E-state index in [1.165, 1.54) is 16.6 Å². The van der Waals surface area contributed by atoms with Gasteiger partial charge in [0.1, 0.15) is 5.82 Å². The van der Waals surface area contributed by atoms with Crippen molar-refractivity contribution >= 4 is 11.0 Å². The Morgan fingerprint density at radius 2 is 1.73 bits per heavy atom. The van der Waals surface area contributed by atoms with Crippen molar-refractivity contribution in [1.82, 2.24) is 14.5 Å². The Balaban J connectivity index is 2.07. The van der Waals surface area contributed by atoms with E-state index in [9.17, 15) is 0 Å². The van der Waals surface area contributed by atoms with E-state index in [2.05, 4.69) is 79.0 Å². The van der Waals surface area contributed by atoms with Crippen LogP contribution in [0.2, 0.25) is 0 Å². The van der Waals surface area contributed by atoms with Crippen LogP contribution >= 0.6 is 0 Å². The maximum atomic E-state index is 4.89. The van der Waals surface area contributed by atoms with Gasteiger partial charge < -0.3 is 9.47 Å². The third-order valence-electron chi connectivity index (χ3n) is 4.03. The minimum Gasteiger partial charge on any atom is -0.324 e. The molecule has 0 spiro atoms. The first-order valence-electron chi connectivity index (χ1n) is 7.83. The van der Waals surface area contributed by atoms with Crippen molar-refractivity contribution < 1.29 is 0 Å². The molecule has 3 nitrogen and oxygen atoms in total. The third kappa shape index (κ3) is 2.90. The Morgan fingerprint density at radius 1 is 1.00 bits per heavy atom. The van der Waals surface area contributed by atoms with Gasteiger partial charge in [-0.15, -0.1) is 0 Å². The van der Waals surface area contributed by atoms with Gasteiger partial charge in [0.2, 0.25) is 0 Å². The first-order valence-corrected chi connectivity index (χ1v) is 7.83. The first-order chi connectivity index (χ1) is 10.7. The minimum absolute atomic E-state index is 0.988. The van der Waals surface area contributed by atoms with Gasteiger partial charge in [0.25, 0.3) is 0 Å². The topological polar surface area (TPSA) is 21.1 Å². The van der Waals surface area contributed by atoms with Gasteiger partial charge in [0.05, 0.1) is 11.0 Å². The highest BCUT2D eigenvalue weighted by atomic mass is 15.1. The van der Waals surface area contributed by atoms with Crippen LogP contribution < -0.4 is 0 Å². The van der Waals surface area contributed by atoms with Gasteiger partial charge in [-0.3, -0.25) is 0 Å². The fourth-order valence-corrected chi connectivity index (χ4v) is 2.88. The summed E-state index contributed by atoms with van der Waals surface area (Å²) in [7, 11) is 4.24. The zero-order valence-corrected chi connectivity index (χ0v) is 13.6. The Bertz CT molecular complexity index is 771. The van der Waals surface area contributed by atoms with Crippen molar-refractivity contribution in [2.75, 3.05) is 20.6 Å². The van der Waals surface area contributed by atoms with Gasteiger partial charge in [-0.2, -0.15) is 0 Å². The number of aromatic nitrogens is 2. The number of nitrogens with zero attached hydrogens (tertiary/aromatic N) is 3. The molecule has 3 rings (SSSR count). The van der Waals surface area contributed by atoms with Gasteiger partial charge >= 0.3 is 0 Å². The quantitative estimate of drug-likeness (QED) is 0.710. The third-order valence-corrected chi connectivity index (χ3v) is 4.03. The van der Waals surface area contributed by atoms with Crippen LogP contribution in [0.15, 0.2) is 48.5 Å². The number of imidazole rings is 1. The molecule has 22 heavy (non-hydrogen) atoms. The summed E-state index contributed by atoms with van der Waals surface area (Å²) in [5, 5.41) is 0. The predicted octanol–water partition coefficient (Wildman–Crippen LogP) is 3.96. The van der Waals surface area contributed by atoms with Gasteiger partial charge in [0, 0.05) is 12.1 Å². The zero-order chi connectivity index (χ0) is 15.5. The molecule has 0 atom stereocenters. The molecule has 3 heteroatoms. The molecule has 3 aromatic rings. The molecule has 0 radical (unpaired) electrons. The van der Waals surface area contributed by atoms with Crippen molar-refractivity contribution in [3.63, 3.8) is 0 Å². The highest BCUT2D eigenvalue weighted by molar-refractivity contribution is 5.81. The number of fused-ring (bicyclic) bond motifs is 1. The highest BCUT2D eigenvalue weighted by Crippen LogP contribution is 2.27. The molecule has 0 bridgehead atoms. The van der Waals surface area contributed by atoms with Crippen molar-refractivity contribution in [2.45, 2.75) is 19.9 Å². The molecule has 0 saturated heterocycles. The SMILES string of the molecule is Cc1ccccc1-c1nc2ccccc2n1CCCN(C)C. The average Bonchev–Trinajstić information content (AvgIpc) is 2.86. The molecule has 0 saturated carbocycles. The second kappa shape index (κ2) is 6.32. The van der Waals surface area contributed by atoms with E-state index in [1.807, 2.05) is 0 Å². The van der Waals surface area contributed by atoms with Crippen LogP contribution in [0.25, 0.3) is 22.4 Å². The van der Waals surface area contributed by atoms with E-state index in [1.54, 1.807) is 0 Å². The highest BCUT2D eigenvalue weighted by Gasteiger charge is 2.13. The molecule has 0 aliphatic carbocycles. The average molecular weight is 293 g/mol. The molecule has 0 unspecified atom stereocenters. The smallest absolute Gasteiger partial charge is 0.141 e. The molecule has 2 aromatic carbocycles. The number of hydrogen-bond donors (Lipinski definition) is 0. The standard InChI is InChI=1S/C19H23N3/c1-15-9-4-5-10-16(15)19-20-17-11-6-7-12-18(17)22(19)14-8-13-21(2)3/h4-7,9-12H,8,13-14H2,1-3H3. The van der Waals surface area contributed by atoms with E-state index >= 15 is 0 Å². The summed E-state index contributed by atoms with van der Waals surface area (Å²) in [4.78, 5) is 7.12. The largest absolute Gasteiger partial charge is 0.324 e. The van der Waals surface area contributed by atoms with E-state index in [0.717, 1.165) is 30.9 Å². The summed E-state index contributed by atoms with van der Waals surface area (Å²) in [5.41, 5.74) is 4.79. The van der Waals surface area contributed by atoms with E-state index < -0.39 is 0 Å². The van der Waals surface area contributed by atoms with Crippen molar-refractivity contribution in [1.29, 1.82) is 0 Å². The van der Waals surface area contributed by atoms with Gasteiger partial charge in [-0.05, 0) is 51.7 Å². The van der Waals surface area contributed by atoms with Crippen molar-refractivity contribution in [2.24, 2.45) is 0 Å². The number of rotatable bonds is 5. The molecule has 0 N–H and O–H groups in total. The fraction of sp³-hybridized carbons (Fsp3) is 0.316. The molecule has 114 valence electrons. The lowest BCUT2D eigenvalue weighted by Crippen LogP contribution is -2.15. The van der Waals surface area contributed by atoms with Crippen molar-refractivity contribution in [3.05, 3.63) is 54.1 Å². The molecular formula is C19H23N3. The van der Waals surface area contributed by atoms with Crippen LogP contribution in [-0.4, -0.2) is 35.1 Å². The summed E-state index contributed by atoms with van der Waals surface area (Å²) in [6.07, 6.45) is 1.12. The maximum Gasteiger partial charge on any atom is 0.141 e. The molecular weight excluding hydrogens is 270 g/mol. The fourth-order valence-electron chi connectivity index (χ4n) is 2.88. The lowest BCUT2D eigenvalue weighted by Gasteiger charge is -2.13. The molecule has 1 aromatic heterocycles. The number of aryl methyl sites for hydroxylation is 2. The summed E-state index contributed by atoms with van der Waals surface area (Å²) in [6, 6.07) is 16.9. The first kappa shape index (κ1) is 14.8. The van der Waals surface area contributed by atoms with Crippen molar-refractivity contribution in [3.8, 4) is 11.4 Å². The predicted molar refractivity (Wildman–Crippen MR) is 93.1 cm³/mol. The van der Waals surface area contributed by atoms with Crippen LogP contribution in [0.4, 0.5) is 0 Å². The Hall–Kier alpha value is -2.13. The Kier molecular flexibility index (Phi) is 4.25. The van der Waals surface area contributed by atoms with Crippen LogP contribution in [-0.2, 0) is 6.54 Å². The second-order valence-corrected chi connectivity index (χ2v) is 6.05. The zero-order valence-electron chi connectivity index (χ0n) is 13.6. The number of para-hydroxylation sites is 2. The molecule has 0 aliphatic rings. The normalized spacial score (nSPS) is 11.5. The second-order valence-electron chi connectivity index (χ2n) is 6.05. The van der Waals surface area contributed by atoms with Crippen LogP contribution in [0.5, 0.6) is 0 Å². The summed E-state index contributed by atoms with van der Waals surface area (Å²) >= 11 is 0. The number of hydrogen-bond acceptors (Lipinski definition) is 2. The monoisotopic (exact) mass is 293 g/mol. The Morgan fingerprint density at radius 3 is 2.50 bits per heavy atom. The Labute approximate surface area is 132 Å². The number of benzene rings is 2. The lowest BCUT2D eigenvalue weighted by atomic mass is 10.1. The van der Waals surface area contributed by atoms with E-state index in [-0.39, 0.29) is 0 Å². The van der Waals surface area contributed by atoms with Crippen LogP contribution in [0.3, 0.4) is 0 Å². The maximum absolute atomic E-state index is 4.89. The van der Waals surface area contributed by atoms with Gasteiger partial charge in [-0.25, -0.2) is 4.98 Å². The van der Waals surface area contributed by atoms with Crippen LogP contribution in [0, 0.1) is 6.92 Å². The molecule has 0 amide bonds. The lowest BCUT2D eigenvalue weighted by molar-refractivity contribution is 0.388. The van der Waals surface area contributed by atoms with Crippen LogP contribution in [0.1, 0.15) is 12.0 Å². The van der Waals surface area contributed by atoms with Gasteiger partial charge in [0.15, 0.2) is 0 Å². The molecule has 1 heterocycles. The van der Waals surface area contributed by atoms with Gasteiger partial charge in [-0.1, -0.05) is 36.4 Å².